The van der Waals surface area contributed by atoms with Gasteiger partial charge in [0.15, 0.2) is 0 Å². The summed E-state index contributed by atoms with van der Waals surface area (Å²) in [4.78, 5) is 36.2. The Balaban J connectivity index is 1.61. The van der Waals surface area contributed by atoms with Gasteiger partial charge in [-0.15, -0.1) is 0 Å². The van der Waals surface area contributed by atoms with Crippen molar-refractivity contribution >= 4 is 40.7 Å². The predicted octanol–water partition coefficient (Wildman–Crippen LogP) is 2.60. The molecule has 0 aliphatic carbocycles. The van der Waals surface area contributed by atoms with Crippen LogP contribution in [-0.4, -0.2) is 75.0 Å². The number of rotatable bonds is 11. The fourth-order valence-corrected chi connectivity index (χ4v) is 4.36. The van der Waals surface area contributed by atoms with Crippen LogP contribution in [0.5, 0.6) is 11.5 Å². The van der Waals surface area contributed by atoms with Crippen LogP contribution in [0.1, 0.15) is 33.6 Å². The highest BCUT2D eigenvalue weighted by Crippen LogP contribution is 2.33. The first-order valence-electron chi connectivity index (χ1n) is 13.2. The normalized spacial score (nSPS) is 14.4. The molecule has 9 N–H and O–H groups in total. The zero-order valence-electron chi connectivity index (χ0n) is 23.6. The van der Waals surface area contributed by atoms with Crippen LogP contribution in [0.15, 0.2) is 36.4 Å². The van der Waals surface area contributed by atoms with E-state index in [1.165, 1.54) is 37.3 Å². The van der Waals surface area contributed by atoms with E-state index >= 15 is 0 Å². The summed E-state index contributed by atoms with van der Waals surface area (Å²) >= 11 is 0. The number of primary amides is 1. The van der Waals surface area contributed by atoms with Crippen LogP contribution in [-0.2, 0) is 4.74 Å². The Morgan fingerprint density at radius 3 is 2.24 bits per heavy atom. The van der Waals surface area contributed by atoms with Crippen LogP contribution in [0.3, 0.4) is 0 Å². The van der Waals surface area contributed by atoms with Crippen molar-refractivity contribution in [1.29, 1.82) is 0 Å². The number of likely N-dealkylation sites (tertiary alicyclic amines) is 1. The van der Waals surface area contributed by atoms with Crippen molar-refractivity contribution in [3.05, 3.63) is 47.5 Å². The number of esters is 1. The molecule has 0 saturated carbocycles. The number of carboxylic acid groups (broad SMARTS) is 1. The van der Waals surface area contributed by atoms with Gasteiger partial charge in [-0.2, -0.15) is 0 Å². The van der Waals surface area contributed by atoms with Crippen molar-refractivity contribution in [1.82, 2.24) is 4.90 Å². The summed E-state index contributed by atoms with van der Waals surface area (Å²) in [6.45, 7) is 1.64. The lowest BCUT2D eigenvalue weighted by Crippen LogP contribution is -2.38. The molecule has 2 aromatic rings. The molecule has 0 aromatic heterocycles. The Morgan fingerprint density at radius 2 is 1.64 bits per heavy atom. The Kier molecular flexibility index (Phi) is 11.1. The van der Waals surface area contributed by atoms with Crippen molar-refractivity contribution in [2.75, 3.05) is 69.1 Å². The molecule has 0 spiro atoms. The molecule has 3 rings (SSSR count). The fourth-order valence-electron chi connectivity index (χ4n) is 4.36. The second-order valence-corrected chi connectivity index (χ2v) is 9.35. The maximum absolute atomic E-state index is 11.8. The van der Waals surface area contributed by atoms with Crippen LogP contribution in [0, 0.1) is 17.8 Å². The summed E-state index contributed by atoms with van der Waals surface area (Å²) < 4.78 is 15.9. The third kappa shape index (κ3) is 8.37. The summed E-state index contributed by atoms with van der Waals surface area (Å²) in [6, 6.07) is 6.00. The van der Waals surface area contributed by atoms with Crippen molar-refractivity contribution in [2.45, 2.75) is 12.8 Å². The van der Waals surface area contributed by atoms with E-state index < -0.39 is 18.0 Å². The number of nitrogens with one attached hydrogen (secondary N) is 2. The van der Waals surface area contributed by atoms with Crippen LogP contribution in [0.4, 0.5) is 27.5 Å². The van der Waals surface area contributed by atoms with Gasteiger partial charge in [0.05, 0.1) is 31.2 Å². The minimum Gasteiger partial charge on any atom is -0.494 e. The zero-order chi connectivity index (χ0) is 30.6. The van der Waals surface area contributed by atoms with Gasteiger partial charge < -0.3 is 52.1 Å². The molecule has 1 fully saturated rings. The highest BCUT2D eigenvalue weighted by atomic mass is 16.5. The van der Waals surface area contributed by atoms with Crippen LogP contribution >= 0.6 is 0 Å². The lowest BCUT2D eigenvalue weighted by Gasteiger charge is -2.27. The van der Waals surface area contributed by atoms with Gasteiger partial charge in [-0.1, -0.05) is 24.0 Å². The van der Waals surface area contributed by atoms with Gasteiger partial charge in [0, 0.05) is 37.7 Å². The topological polar surface area (TPSA) is 204 Å². The highest BCUT2D eigenvalue weighted by molar-refractivity contribution is 5.96. The SMILES string of the molecule is COC(=O)c1cc(N)c(NC/C=C/CNc2c(N)cc(C(N)=O)cc2OCC#CC2CCCN(C(=O)O)C2)c(OC)c1. The monoisotopic (exact) mass is 580 g/mol. The highest BCUT2D eigenvalue weighted by Gasteiger charge is 2.21. The second-order valence-electron chi connectivity index (χ2n) is 9.35. The number of carbonyl (C=O) groups excluding carboxylic acids is 2. The van der Waals surface area contributed by atoms with E-state index in [4.69, 9.17) is 31.4 Å². The quantitative estimate of drug-likeness (QED) is 0.0986. The van der Waals surface area contributed by atoms with E-state index in [2.05, 4.69) is 22.5 Å². The van der Waals surface area contributed by atoms with E-state index in [1.54, 1.807) is 6.07 Å². The number of nitrogens with two attached hydrogens (primary N) is 3. The molecule has 13 nitrogen and oxygen atoms in total. The molecule has 1 atom stereocenters. The van der Waals surface area contributed by atoms with E-state index in [0.717, 1.165) is 12.8 Å². The number of benzene rings is 2. The molecule has 0 bridgehead atoms. The molecule has 42 heavy (non-hydrogen) atoms. The number of hydrogen-bond donors (Lipinski definition) is 6. The maximum Gasteiger partial charge on any atom is 0.407 e. The number of hydrogen-bond acceptors (Lipinski definition) is 10. The molecule has 0 radical (unpaired) electrons. The van der Waals surface area contributed by atoms with Crippen molar-refractivity contribution in [2.24, 2.45) is 11.7 Å². The maximum atomic E-state index is 11.8. The Hall–Kier alpha value is -5.25. The van der Waals surface area contributed by atoms with Gasteiger partial charge >= 0.3 is 12.1 Å². The third-order valence-electron chi connectivity index (χ3n) is 6.45. The molecular formula is C29H36N6O7. The Bertz CT molecular complexity index is 1400. The number of nitrogen functional groups attached to an aromatic ring is 2. The average Bonchev–Trinajstić information content (AvgIpc) is 2.97. The summed E-state index contributed by atoms with van der Waals surface area (Å²) in [5.41, 5.74) is 19.8. The van der Waals surface area contributed by atoms with E-state index in [0.29, 0.717) is 54.7 Å². The molecule has 1 aliphatic heterocycles. The van der Waals surface area contributed by atoms with Gasteiger partial charge in [0.2, 0.25) is 5.91 Å². The molecule has 224 valence electrons. The average molecular weight is 581 g/mol. The first kappa shape index (κ1) is 31.3. The predicted molar refractivity (Wildman–Crippen MR) is 160 cm³/mol. The number of piperidine rings is 1. The molecule has 13 heteroatoms. The number of amides is 2. The van der Waals surface area contributed by atoms with Gasteiger partial charge in [-0.3, -0.25) is 4.79 Å². The number of carbonyl (C=O) groups is 3. The summed E-state index contributed by atoms with van der Waals surface area (Å²) in [6.07, 6.45) is 4.32. The summed E-state index contributed by atoms with van der Waals surface area (Å²) in [5.74, 6) is 5.47. The molecule has 1 unspecified atom stereocenters. The van der Waals surface area contributed by atoms with Gasteiger partial charge in [-0.05, 0) is 37.1 Å². The molecule has 1 heterocycles. The minimum absolute atomic E-state index is 0.0116. The van der Waals surface area contributed by atoms with Gasteiger partial charge in [-0.25, -0.2) is 9.59 Å². The standard InChI is InChI=1S/C29H36N6O7/c1-40-23-16-20(28(37)41-2)14-22(31)25(23)33-9-3-4-10-34-26-21(30)13-19(27(32)36)15-24(26)42-12-6-8-18-7-5-11-35(17-18)29(38)39/h3-4,13-16,18,33-34H,5,7,9-12,17,30-31H2,1-2H3,(H2,32,36)(H,38,39)/b4-3+. The molecule has 1 saturated heterocycles. The van der Waals surface area contributed by atoms with E-state index in [-0.39, 0.29) is 29.3 Å². The van der Waals surface area contributed by atoms with Gasteiger partial charge in [0.25, 0.3) is 0 Å². The zero-order valence-corrected chi connectivity index (χ0v) is 23.6. The lowest BCUT2D eigenvalue weighted by molar-refractivity contribution is 0.0600. The van der Waals surface area contributed by atoms with Crippen LogP contribution in [0.25, 0.3) is 0 Å². The van der Waals surface area contributed by atoms with E-state index in [1.807, 2.05) is 12.2 Å². The number of nitrogens with zero attached hydrogens (tertiary/aromatic N) is 1. The number of methoxy groups -OCH3 is 2. The van der Waals surface area contributed by atoms with Gasteiger partial charge in [0.1, 0.15) is 29.5 Å². The molecule has 2 aromatic carbocycles. The molecular weight excluding hydrogens is 544 g/mol. The molecule has 1 aliphatic rings. The first-order chi connectivity index (χ1) is 20.1. The fraction of sp³-hybridized carbons (Fsp3) is 0.345. The number of anilines is 4. The first-order valence-corrected chi connectivity index (χ1v) is 13.2. The molecule has 2 amide bonds. The second kappa shape index (κ2) is 14.9. The number of ether oxygens (including phenoxy) is 3. The van der Waals surface area contributed by atoms with E-state index in [9.17, 15) is 19.5 Å². The van der Waals surface area contributed by atoms with Crippen molar-refractivity contribution < 1.29 is 33.7 Å². The minimum atomic E-state index is -0.949. The lowest BCUT2D eigenvalue weighted by atomic mass is 9.99. The van der Waals surface area contributed by atoms with Crippen molar-refractivity contribution in [3.8, 4) is 23.3 Å². The van der Waals surface area contributed by atoms with Crippen LogP contribution in [0.2, 0.25) is 0 Å². The Morgan fingerprint density at radius 1 is 1.02 bits per heavy atom. The van der Waals surface area contributed by atoms with Crippen molar-refractivity contribution in [3.63, 3.8) is 0 Å². The summed E-state index contributed by atoms with van der Waals surface area (Å²) in [5, 5.41) is 15.5. The summed E-state index contributed by atoms with van der Waals surface area (Å²) in [7, 11) is 2.76. The third-order valence-corrected chi connectivity index (χ3v) is 6.45. The Labute approximate surface area is 243 Å². The largest absolute Gasteiger partial charge is 0.494 e. The smallest absolute Gasteiger partial charge is 0.407 e. The van der Waals surface area contributed by atoms with Crippen LogP contribution < -0.4 is 37.3 Å².